The third kappa shape index (κ3) is 2.42. The Bertz CT molecular complexity index is 421. The highest BCUT2D eigenvalue weighted by Gasteiger charge is 2.15. The number of benzene rings is 1. The van der Waals surface area contributed by atoms with E-state index >= 15 is 0 Å². The summed E-state index contributed by atoms with van der Waals surface area (Å²) < 4.78 is 10.3. The van der Waals surface area contributed by atoms with Gasteiger partial charge in [0.25, 0.3) is 0 Å². The third-order valence-electron chi connectivity index (χ3n) is 2.48. The SMILES string of the molecule is COc1cccc(CC(=O)C2=CCCO2)c1. The molecule has 0 atom stereocenters. The van der Waals surface area contributed by atoms with Crippen LogP contribution in [-0.4, -0.2) is 19.5 Å². The highest BCUT2D eigenvalue weighted by atomic mass is 16.5. The van der Waals surface area contributed by atoms with Crippen LogP contribution in [0.4, 0.5) is 0 Å². The van der Waals surface area contributed by atoms with Crippen molar-refractivity contribution in [2.45, 2.75) is 12.8 Å². The second kappa shape index (κ2) is 4.84. The lowest BCUT2D eigenvalue weighted by atomic mass is 10.1. The van der Waals surface area contributed by atoms with Crippen LogP contribution in [0.2, 0.25) is 0 Å². The van der Waals surface area contributed by atoms with Crippen LogP contribution >= 0.6 is 0 Å². The molecule has 0 N–H and O–H groups in total. The molecule has 0 spiro atoms. The van der Waals surface area contributed by atoms with Gasteiger partial charge in [0.1, 0.15) is 5.75 Å². The molecule has 0 aliphatic carbocycles. The maximum absolute atomic E-state index is 11.8. The van der Waals surface area contributed by atoms with E-state index < -0.39 is 0 Å². The van der Waals surface area contributed by atoms with Crippen molar-refractivity contribution in [2.75, 3.05) is 13.7 Å². The zero-order chi connectivity index (χ0) is 11.4. The van der Waals surface area contributed by atoms with Crippen LogP contribution in [0.5, 0.6) is 5.75 Å². The van der Waals surface area contributed by atoms with Crippen molar-refractivity contribution in [2.24, 2.45) is 0 Å². The molecule has 1 aromatic carbocycles. The van der Waals surface area contributed by atoms with Gasteiger partial charge in [-0.1, -0.05) is 12.1 Å². The summed E-state index contributed by atoms with van der Waals surface area (Å²) in [6, 6.07) is 7.52. The Morgan fingerprint density at radius 3 is 3.06 bits per heavy atom. The smallest absolute Gasteiger partial charge is 0.201 e. The van der Waals surface area contributed by atoms with Crippen molar-refractivity contribution < 1.29 is 14.3 Å². The van der Waals surface area contributed by atoms with Crippen LogP contribution in [0.15, 0.2) is 36.1 Å². The summed E-state index contributed by atoms with van der Waals surface area (Å²) in [4.78, 5) is 11.8. The van der Waals surface area contributed by atoms with Gasteiger partial charge in [-0.2, -0.15) is 0 Å². The first-order valence-corrected chi connectivity index (χ1v) is 5.28. The standard InChI is InChI=1S/C13H14O3/c1-15-11-5-2-4-10(8-11)9-12(14)13-6-3-7-16-13/h2,4-6,8H,3,7,9H2,1H3. The number of carbonyl (C=O) groups is 1. The van der Waals surface area contributed by atoms with Crippen LogP contribution in [0.1, 0.15) is 12.0 Å². The Morgan fingerprint density at radius 1 is 1.50 bits per heavy atom. The first kappa shape index (κ1) is 10.7. The second-order valence-corrected chi connectivity index (χ2v) is 3.66. The predicted molar refractivity (Wildman–Crippen MR) is 60.4 cm³/mol. The fraction of sp³-hybridized carbons (Fsp3) is 0.308. The number of ketones is 1. The Kier molecular flexibility index (Phi) is 3.25. The molecule has 0 radical (unpaired) electrons. The van der Waals surface area contributed by atoms with Crippen molar-refractivity contribution in [3.05, 3.63) is 41.7 Å². The molecule has 84 valence electrons. The molecule has 0 unspecified atom stereocenters. The van der Waals surface area contributed by atoms with Gasteiger partial charge in [0, 0.05) is 12.8 Å². The summed E-state index contributed by atoms with van der Waals surface area (Å²) in [6.45, 7) is 0.624. The minimum absolute atomic E-state index is 0.0331. The van der Waals surface area contributed by atoms with Crippen LogP contribution in [0.3, 0.4) is 0 Å². The highest BCUT2D eigenvalue weighted by molar-refractivity contribution is 5.95. The molecule has 0 aromatic heterocycles. The maximum atomic E-state index is 11.8. The van der Waals surface area contributed by atoms with E-state index in [0.717, 1.165) is 17.7 Å². The van der Waals surface area contributed by atoms with Crippen LogP contribution in [-0.2, 0) is 16.0 Å². The lowest BCUT2D eigenvalue weighted by Crippen LogP contribution is -2.06. The van der Waals surface area contributed by atoms with Gasteiger partial charge in [-0.15, -0.1) is 0 Å². The molecule has 0 bridgehead atoms. The molecule has 3 nitrogen and oxygen atoms in total. The van der Waals surface area contributed by atoms with Gasteiger partial charge in [0.05, 0.1) is 13.7 Å². The summed E-state index contributed by atoms with van der Waals surface area (Å²) in [6.07, 6.45) is 3.05. The van der Waals surface area contributed by atoms with Crippen LogP contribution in [0, 0.1) is 0 Å². The summed E-state index contributed by atoms with van der Waals surface area (Å²) in [5, 5.41) is 0. The van der Waals surface area contributed by atoms with Gasteiger partial charge in [0.2, 0.25) is 5.78 Å². The average Bonchev–Trinajstić information content (AvgIpc) is 2.83. The summed E-state index contributed by atoms with van der Waals surface area (Å²) in [5.74, 6) is 1.31. The molecular weight excluding hydrogens is 204 g/mol. The van der Waals surface area contributed by atoms with Crippen molar-refractivity contribution in [3.63, 3.8) is 0 Å². The number of rotatable bonds is 4. The molecular formula is C13H14O3. The number of allylic oxidation sites excluding steroid dienone is 1. The molecule has 0 fully saturated rings. The monoisotopic (exact) mass is 218 g/mol. The molecule has 0 amide bonds. The molecule has 1 aromatic rings. The van der Waals surface area contributed by atoms with E-state index in [1.807, 2.05) is 30.3 Å². The van der Waals surface area contributed by atoms with E-state index in [1.54, 1.807) is 7.11 Å². The normalized spacial score (nSPS) is 14.2. The molecule has 16 heavy (non-hydrogen) atoms. The van der Waals surface area contributed by atoms with Crippen LogP contribution < -0.4 is 4.74 Å². The summed E-state index contributed by atoms with van der Waals surface area (Å²) in [5.41, 5.74) is 0.945. The Morgan fingerprint density at radius 2 is 2.38 bits per heavy atom. The number of carbonyl (C=O) groups excluding carboxylic acids is 1. The number of ether oxygens (including phenoxy) is 2. The number of hydrogen-bond acceptors (Lipinski definition) is 3. The molecule has 3 heteroatoms. The number of hydrogen-bond donors (Lipinski definition) is 0. The zero-order valence-corrected chi connectivity index (χ0v) is 9.23. The molecule has 1 aliphatic heterocycles. The number of Topliss-reactive ketones (excluding diaryl/α,β-unsaturated/α-hetero) is 1. The van der Waals surface area contributed by atoms with Crippen molar-refractivity contribution in [1.29, 1.82) is 0 Å². The first-order chi connectivity index (χ1) is 7.79. The van der Waals surface area contributed by atoms with E-state index in [1.165, 1.54) is 0 Å². The van der Waals surface area contributed by atoms with E-state index in [0.29, 0.717) is 18.8 Å². The van der Waals surface area contributed by atoms with Gasteiger partial charge in [0.15, 0.2) is 5.76 Å². The van der Waals surface area contributed by atoms with E-state index in [-0.39, 0.29) is 5.78 Å². The topological polar surface area (TPSA) is 35.5 Å². The lowest BCUT2D eigenvalue weighted by molar-refractivity contribution is -0.117. The van der Waals surface area contributed by atoms with Crippen molar-refractivity contribution in [1.82, 2.24) is 0 Å². The number of methoxy groups -OCH3 is 1. The molecule has 2 rings (SSSR count). The maximum Gasteiger partial charge on any atom is 0.201 e. The molecule has 1 aliphatic rings. The van der Waals surface area contributed by atoms with Crippen molar-refractivity contribution >= 4 is 5.78 Å². The zero-order valence-electron chi connectivity index (χ0n) is 9.23. The van der Waals surface area contributed by atoms with Crippen molar-refractivity contribution in [3.8, 4) is 5.75 Å². The highest BCUT2D eigenvalue weighted by Crippen LogP contribution is 2.16. The minimum atomic E-state index is 0.0331. The predicted octanol–water partition coefficient (Wildman–Crippen LogP) is 2.11. The van der Waals surface area contributed by atoms with Gasteiger partial charge in [-0.3, -0.25) is 4.79 Å². The minimum Gasteiger partial charge on any atom is -0.497 e. The third-order valence-corrected chi connectivity index (χ3v) is 2.48. The fourth-order valence-corrected chi connectivity index (χ4v) is 1.67. The Labute approximate surface area is 94.7 Å². The first-order valence-electron chi connectivity index (χ1n) is 5.28. The van der Waals surface area contributed by atoms with Gasteiger partial charge < -0.3 is 9.47 Å². The molecule has 1 heterocycles. The van der Waals surface area contributed by atoms with E-state index in [4.69, 9.17) is 9.47 Å². The summed E-state index contributed by atoms with van der Waals surface area (Å²) >= 11 is 0. The lowest BCUT2D eigenvalue weighted by Gasteiger charge is -2.05. The summed E-state index contributed by atoms with van der Waals surface area (Å²) in [7, 11) is 1.61. The van der Waals surface area contributed by atoms with Gasteiger partial charge >= 0.3 is 0 Å². The Balaban J connectivity index is 2.05. The van der Waals surface area contributed by atoms with Gasteiger partial charge in [-0.25, -0.2) is 0 Å². The molecule has 0 saturated heterocycles. The quantitative estimate of drug-likeness (QED) is 0.776. The fourth-order valence-electron chi connectivity index (χ4n) is 1.67. The largest absolute Gasteiger partial charge is 0.497 e. The Hall–Kier alpha value is -1.77. The second-order valence-electron chi connectivity index (χ2n) is 3.66. The van der Waals surface area contributed by atoms with Gasteiger partial charge in [-0.05, 0) is 23.8 Å². The van der Waals surface area contributed by atoms with E-state index in [2.05, 4.69) is 0 Å². The van der Waals surface area contributed by atoms with E-state index in [9.17, 15) is 4.79 Å². The molecule has 0 saturated carbocycles. The average molecular weight is 218 g/mol. The van der Waals surface area contributed by atoms with Crippen LogP contribution in [0.25, 0.3) is 0 Å².